The molecule has 2 aliphatic rings. The lowest BCUT2D eigenvalue weighted by molar-refractivity contribution is -0.130. The Balaban J connectivity index is 1.49. The Bertz CT molecular complexity index is 935. The summed E-state index contributed by atoms with van der Waals surface area (Å²) in [4.78, 5) is 26.6. The van der Waals surface area contributed by atoms with E-state index in [4.69, 9.17) is 9.47 Å². The first-order chi connectivity index (χ1) is 14.5. The number of piperidine rings is 1. The zero-order valence-corrected chi connectivity index (χ0v) is 17.5. The number of carbonyl (C=O) groups excluding carboxylic acids is 2. The van der Waals surface area contributed by atoms with Gasteiger partial charge in [-0.25, -0.2) is 0 Å². The monoisotopic (exact) mass is 408 g/mol. The summed E-state index contributed by atoms with van der Waals surface area (Å²) in [7, 11) is 1.59. The van der Waals surface area contributed by atoms with Crippen LogP contribution in [0.2, 0.25) is 0 Å². The number of aryl methyl sites for hydroxylation is 1. The van der Waals surface area contributed by atoms with E-state index in [9.17, 15) is 9.59 Å². The van der Waals surface area contributed by atoms with Gasteiger partial charge in [0.25, 0.3) is 5.91 Å². The fourth-order valence-electron chi connectivity index (χ4n) is 4.33. The van der Waals surface area contributed by atoms with Gasteiger partial charge in [-0.15, -0.1) is 0 Å². The quantitative estimate of drug-likeness (QED) is 0.822. The predicted molar refractivity (Wildman–Crippen MR) is 114 cm³/mol. The van der Waals surface area contributed by atoms with Gasteiger partial charge in [-0.05, 0) is 42.2 Å². The summed E-state index contributed by atoms with van der Waals surface area (Å²) in [5.41, 5.74) is 2.96. The number of benzene rings is 2. The summed E-state index contributed by atoms with van der Waals surface area (Å²) in [6.07, 6.45) is 3.35. The third kappa shape index (κ3) is 4.27. The number of amides is 2. The predicted octanol–water partition coefficient (Wildman–Crippen LogP) is 3.50. The third-order valence-electron chi connectivity index (χ3n) is 6.05. The Morgan fingerprint density at radius 1 is 1.07 bits per heavy atom. The highest BCUT2D eigenvalue weighted by Gasteiger charge is 2.27. The van der Waals surface area contributed by atoms with Gasteiger partial charge in [0.05, 0.1) is 18.7 Å². The smallest absolute Gasteiger partial charge is 0.255 e. The molecule has 0 saturated carbocycles. The lowest BCUT2D eigenvalue weighted by Gasteiger charge is -2.32. The van der Waals surface area contributed by atoms with E-state index >= 15 is 0 Å². The number of likely N-dealkylation sites (tertiary alicyclic amines) is 1. The number of ether oxygens (including phenoxy) is 2. The SMILES string of the molecule is COc1ccc(OC2CCN(C(C)=O)CC2)c(C(=O)NC2CCc3ccccc32)c1. The molecule has 0 bridgehead atoms. The Labute approximate surface area is 177 Å². The first kappa shape index (κ1) is 20.3. The molecule has 1 atom stereocenters. The Kier molecular flexibility index (Phi) is 5.93. The van der Waals surface area contributed by atoms with Gasteiger partial charge < -0.3 is 19.7 Å². The van der Waals surface area contributed by atoms with Gasteiger partial charge in [0.2, 0.25) is 5.91 Å². The molecule has 1 aliphatic carbocycles. The van der Waals surface area contributed by atoms with Crippen LogP contribution in [-0.2, 0) is 11.2 Å². The minimum atomic E-state index is -0.160. The lowest BCUT2D eigenvalue weighted by atomic mass is 10.1. The molecule has 1 saturated heterocycles. The van der Waals surface area contributed by atoms with Gasteiger partial charge in [0.15, 0.2) is 0 Å². The number of methoxy groups -OCH3 is 1. The minimum Gasteiger partial charge on any atom is -0.497 e. The van der Waals surface area contributed by atoms with Crippen molar-refractivity contribution in [3.63, 3.8) is 0 Å². The van der Waals surface area contributed by atoms with Gasteiger partial charge >= 0.3 is 0 Å². The number of hydrogen-bond acceptors (Lipinski definition) is 4. The van der Waals surface area contributed by atoms with Gasteiger partial charge in [-0.1, -0.05) is 24.3 Å². The molecule has 0 spiro atoms. The second kappa shape index (κ2) is 8.78. The van der Waals surface area contributed by atoms with E-state index in [0.717, 1.165) is 25.7 Å². The molecule has 2 aromatic carbocycles. The largest absolute Gasteiger partial charge is 0.497 e. The van der Waals surface area contributed by atoms with Crippen LogP contribution in [0.4, 0.5) is 0 Å². The van der Waals surface area contributed by atoms with Crippen molar-refractivity contribution in [3.05, 3.63) is 59.2 Å². The van der Waals surface area contributed by atoms with Crippen molar-refractivity contribution < 1.29 is 19.1 Å². The van der Waals surface area contributed by atoms with Gasteiger partial charge in [0.1, 0.15) is 17.6 Å². The van der Waals surface area contributed by atoms with E-state index in [1.54, 1.807) is 26.2 Å². The van der Waals surface area contributed by atoms with Crippen molar-refractivity contribution in [2.45, 2.75) is 44.8 Å². The van der Waals surface area contributed by atoms with Crippen LogP contribution in [0.15, 0.2) is 42.5 Å². The molecule has 1 fully saturated rings. The minimum absolute atomic E-state index is 0.00607. The summed E-state index contributed by atoms with van der Waals surface area (Å²) < 4.78 is 11.6. The first-order valence-corrected chi connectivity index (χ1v) is 10.5. The number of rotatable bonds is 5. The topological polar surface area (TPSA) is 67.9 Å². The summed E-state index contributed by atoms with van der Waals surface area (Å²) >= 11 is 0. The first-order valence-electron chi connectivity index (χ1n) is 10.5. The molecule has 2 amide bonds. The maximum Gasteiger partial charge on any atom is 0.255 e. The molecular formula is C24H28N2O4. The molecule has 4 rings (SSSR count). The van der Waals surface area contributed by atoms with Crippen LogP contribution in [-0.4, -0.2) is 43.0 Å². The molecule has 0 aromatic heterocycles. The Morgan fingerprint density at radius 2 is 1.83 bits per heavy atom. The molecule has 0 radical (unpaired) electrons. The molecule has 6 nitrogen and oxygen atoms in total. The van der Waals surface area contributed by atoms with E-state index in [1.165, 1.54) is 11.1 Å². The summed E-state index contributed by atoms with van der Waals surface area (Å²) in [5.74, 6) is 1.10. The molecule has 1 N–H and O–H groups in total. The maximum atomic E-state index is 13.2. The van der Waals surface area contributed by atoms with Crippen LogP contribution >= 0.6 is 0 Å². The fraction of sp³-hybridized carbons (Fsp3) is 0.417. The Morgan fingerprint density at radius 3 is 2.57 bits per heavy atom. The van der Waals surface area contributed by atoms with E-state index < -0.39 is 0 Å². The van der Waals surface area contributed by atoms with Crippen LogP contribution < -0.4 is 14.8 Å². The number of fused-ring (bicyclic) bond motifs is 1. The van der Waals surface area contributed by atoms with Crippen LogP contribution in [0.3, 0.4) is 0 Å². The van der Waals surface area contributed by atoms with Gasteiger partial charge in [-0.2, -0.15) is 0 Å². The van der Waals surface area contributed by atoms with E-state index in [2.05, 4.69) is 17.4 Å². The van der Waals surface area contributed by atoms with E-state index in [-0.39, 0.29) is 24.0 Å². The van der Waals surface area contributed by atoms with Crippen LogP contribution in [0.5, 0.6) is 11.5 Å². The standard InChI is InChI=1S/C24H28N2O4/c1-16(27)26-13-11-18(12-14-26)30-23-10-8-19(29-2)15-21(23)24(28)25-22-9-7-17-5-3-4-6-20(17)22/h3-6,8,10,15,18,22H,7,9,11-14H2,1-2H3,(H,25,28). The number of nitrogens with one attached hydrogen (secondary N) is 1. The number of nitrogens with zero attached hydrogens (tertiary/aromatic N) is 1. The van der Waals surface area contributed by atoms with Crippen molar-refractivity contribution in [2.24, 2.45) is 0 Å². The van der Waals surface area contributed by atoms with Crippen LogP contribution in [0.25, 0.3) is 0 Å². The zero-order chi connectivity index (χ0) is 21.1. The molecule has 1 unspecified atom stereocenters. The van der Waals surface area contributed by atoms with Gasteiger partial charge in [-0.3, -0.25) is 9.59 Å². The Hall–Kier alpha value is -3.02. The van der Waals surface area contributed by atoms with Crippen molar-refractivity contribution in [2.75, 3.05) is 20.2 Å². The van der Waals surface area contributed by atoms with Crippen molar-refractivity contribution in [3.8, 4) is 11.5 Å². The highest BCUT2D eigenvalue weighted by atomic mass is 16.5. The average molecular weight is 408 g/mol. The molecule has 30 heavy (non-hydrogen) atoms. The molecule has 6 heteroatoms. The second-order valence-corrected chi connectivity index (χ2v) is 7.95. The van der Waals surface area contributed by atoms with E-state index in [1.807, 2.05) is 23.1 Å². The highest BCUT2D eigenvalue weighted by Crippen LogP contribution is 2.32. The van der Waals surface area contributed by atoms with Crippen LogP contribution in [0, 0.1) is 0 Å². The van der Waals surface area contributed by atoms with E-state index in [0.29, 0.717) is 30.2 Å². The maximum absolute atomic E-state index is 13.2. The lowest BCUT2D eigenvalue weighted by Crippen LogP contribution is -2.40. The summed E-state index contributed by atoms with van der Waals surface area (Å²) in [6.45, 7) is 2.95. The zero-order valence-electron chi connectivity index (χ0n) is 17.5. The summed E-state index contributed by atoms with van der Waals surface area (Å²) in [5, 5.41) is 3.17. The van der Waals surface area contributed by atoms with Crippen molar-refractivity contribution in [1.82, 2.24) is 10.2 Å². The van der Waals surface area contributed by atoms with Crippen LogP contribution in [0.1, 0.15) is 53.7 Å². The molecule has 158 valence electrons. The van der Waals surface area contributed by atoms with Gasteiger partial charge in [0, 0.05) is 32.9 Å². The number of carbonyl (C=O) groups is 2. The third-order valence-corrected chi connectivity index (χ3v) is 6.05. The second-order valence-electron chi connectivity index (χ2n) is 7.95. The molecule has 2 aromatic rings. The average Bonchev–Trinajstić information content (AvgIpc) is 3.17. The molecule has 1 heterocycles. The normalized spacial score (nSPS) is 18.6. The molecule has 1 aliphatic heterocycles. The number of hydrogen-bond donors (Lipinski definition) is 1. The van der Waals surface area contributed by atoms with Crippen molar-refractivity contribution in [1.29, 1.82) is 0 Å². The summed E-state index contributed by atoms with van der Waals surface area (Å²) in [6, 6.07) is 13.6. The highest BCUT2D eigenvalue weighted by molar-refractivity contribution is 5.97. The molecular weight excluding hydrogens is 380 g/mol. The fourth-order valence-corrected chi connectivity index (χ4v) is 4.33. The van der Waals surface area contributed by atoms with Crippen molar-refractivity contribution >= 4 is 11.8 Å².